The van der Waals surface area contributed by atoms with E-state index in [0.29, 0.717) is 49.5 Å². The molecule has 0 spiro atoms. The summed E-state index contributed by atoms with van der Waals surface area (Å²) in [6.07, 6.45) is 1.52. The number of nitrogens with zero attached hydrogens (tertiary/aromatic N) is 3. The summed E-state index contributed by atoms with van der Waals surface area (Å²) in [5, 5.41) is 8.60. The SMILES string of the molecule is COc1cc(C=Nn2c(-c3cc4cc(Br)ccc4o3)nc3ccccc3c2=O)cc(Br)c1OCC(=O)Nc1ccc(C)cc1. The van der Waals surface area contributed by atoms with Gasteiger partial charge in [0, 0.05) is 15.5 Å². The summed E-state index contributed by atoms with van der Waals surface area (Å²) in [7, 11) is 1.50. The Kier molecular flexibility index (Phi) is 8.32. The molecule has 44 heavy (non-hydrogen) atoms. The quantitative estimate of drug-likeness (QED) is 0.163. The number of carbonyl (C=O) groups excluding carboxylic acids is 1. The highest BCUT2D eigenvalue weighted by atomic mass is 79.9. The molecule has 220 valence electrons. The van der Waals surface area contributed by atoms with Gasteiger partial charge in [-0.3, -0.25) is 9.59 Å². The van der Waals surface area contributed by atoms with E-state index in [1.165, 1.54) is 18.0 Å². The molecule has 0 aliphatic heterocycles. The van der Waals surface area contributed by atoms with Crippen LogP contribution in [-0.4, -0.2) is 35.5 Å². The Balaban J connectivity index is 1.31. The maximum atomic E-state index is 13.6. The van der Waals surface area contributed by atoms with Crippen LogP contribution in [0.5, 0.6) is 11.5 Å². The van der Waals surface area contributed by atoms with Crippen molar-refractivity contribution in [2.75, 3.05) is 19.0 Å². The zero-order valence-electron chi connectivity index (χ0n) is 23.5. The lowest BCUT2D eigenvalue weighted by atomic mass is 10.2. The molecule has 6 aromatic rings. The molecule has 2 aromatic heterocycles. The van der Waals surface area contributed by atoms with Gasteiger partial charge in [0.2, 0.25) is 5.82 Å². The van der Waals surface area contributed by atoms with Crippen LogP contribution in [0.25, 0.3) is 33.5 Å². The highest BCUT2D eigenvalue weighted by molar-refractivity contribution is 9.10. The number of methoxy groups -OCH3 is 1. The third kappa shape index (κ3) is 6.15. The number of hydrogen-bond donors (Lipinski definition) is 1. The second-order valence-corrected chi connectivity index (χ2v) is 11.6. The molecule has 9 nitrogen and oxygen atoms in total. The molecule has 6 rings (SSSR count). The predicted octanol–water partition coefficient (Wildman–Crippen LogP) is 7.55. The van der Waals surface area contributed by atoms with Gasteiger partial charge in [0.15, 0.2) is 23.9 Å². The number of nitrogens with one attached hydrogen (secondary N) is 1. The zero-order valence-corrected chi connectivity index (χ0v) is 26.7. The largest absolute Gasteiger partial charge is 0.493 e. The maximum absolute atomic E-state index is 13.6. The molecule has 0 saturated heterocycles. The second kappa shape index (κ2) is 12.5. The molecular formula is C33H24Br2N4O5. The molecular weight excluding hydrogens is 692 g/mol. The third-order valence-electron chi connectivity index (χ3n) is 6.71. The van der Waals surface area contributed by atoms with Gasteiger partial charge in [0.1, 0.15) is 5.58 Å². The van der Waals surface area contributed by atoms with Gasteiger partial charge >= 0.3 is 0 Å². The summed E-state index contributed by atoms with van der Waals surface area (Å²) in [6, 6.07) is 25.5. The monoisotopic (exact) mass is 714 g/mol. The molecule has 0 unspecified atom stereocenters. The van der Waals surface area contributed by atoms with Crippen molar-refractivity contribution in [3.63, 3.8) is 0 Å². The standard InChI is InChI=1S/C33H24Br2N4O5/c1-19-7-10-23(11-8-19)37-30(40)18-43-31-25(35)13-20(14-28(31)42-2)17-36-39-32(38-26-6-4-3-5-24(26)33(39)41)29-16-21-15-22(34)9-12-27(21)44-29/h3-17H,18H2,1-2H3,(H,37,40). The lowest BCUT2D eigenvalue weighted by molar-refractivity contribution is -0.118. The van der Waals surface area contributed by atoms with Crippen LogP contribution in [0.3, 0.4) is 0 Å². The predicted molar refractivity (Wildman–Crippen MR) is 178 cm³/mol. The average molecular weight is 716 g/mol. The van der Waals surface area contributed by atoms with Crippen LogP contribution in [0.2, 0.25) is 0 Å². The topological polar surface area (TPSA) is 108 Å². The summed E-state index contributed by atoms with van der Waals surface area (Å²) in [4.78, 5) is 30.8. The highest BCUT2D eigenvalue weighted by Crippen LogP contribution is 2.36. The number of aryl methyl sites for hydroxylation is 1. The number of benzene rings is 4. The van der Waals surface area contributed by atoms with E-state index < -0.39 is 0 Å². The van der Waals surface area contributed by atoms with Crippen molar-refractivity contribution < 1.29 is 18.7 Å². The molecule has 11 heteroatoms. The number of furan rings is 1. The Labute approximate surface area is 268 Å². The third-order valence-corrected chi connectivity index (χ3v) is 7.79. The van der Waals surface area contributed by atoms with Gasteiger partial charge in [-0.1, -0.05) is 45.8 Å². The number of aromatic nitrogens is 2. The van der Waals surface area contributed by atoms with Gasteiger partial charge in [0.05, 0.1) is 28.7 Å². The Morgan fingerprint density at radius 3 is 2.64 bits per heavy atom. The summed E-state index contributed by atoms with van der Waals surface area (Å²) in [5.41, 5.74) is 3.20. The van der Waals surface area contributed by atoms with Gasteiger partial charge in [-0.2, -0.15) is 9.78 Å². The maximum Gasteiger partial charge on any atom is 0.282 e. The van der Waals surface area contributed by atoms with Crippen LogP contribution in [0.15, 0.2) is 108 Å². The van der Waals surface area contributed by atoms with Crippen LogP contribution >= 0.6 is 31.9 Å². The Morgan fingerprint density at radius 1 is 1.05 bits per heavy atom. The van der Waals surface area contributed by atoms with Crippen molar-refractivity contribution in [1.82, 2.24) is 9.66 Å². The molecule has 0 saturated carbocycles. The summed E-state index contributed by atoms with van der Waals surface area (Å²) in [5.74, 6) is 1.05. The normalized spacial score (nSPS) is 11.4. The van der Waals surface area contributed by atoms with E-state index in [0.717, 1.165) is 15.4 Å². The fourth-order valence-corrected chi connectivity index (χ4v) is 5.52. The number of anilines is 1. The smallest absolute Gasteiger partial charge is 0.282 e. The van der Waals surface area contributed by atoms with Crippen molar-refractivity contribution in [2.45, 2.75) is 6.92 Å². The van der Waals surface area contributed by atoms with Crippen molar-refractivity contribution >= 4 is 71.5 Å². The van der Waals surface area contributed by atoms with Crippen LogP contribution in [0, 0.1) is 6.92 Å². The summed E-state index contributed by atoms with van der Waals surface area (Å²) >= 11 is 7.00. The molecule has 1 amide bonds. The van der Waals surface area contributed by atoms with Crippen molar-refractivity contribution in [3.05, 3.63) is 115 Å². The first-order valence-electron chi connectivity index (χ1n) is 13.4. The fraction of sp³-hybridized carbons (Fsp3) is 0.0909. The number of halogens is 2. The van der Waals surface area contributed by atoms with Crippen LogP contribution in [-0.2, 0) is 4.79 Å². The first-order chi connectivity index (χ1) is 21.3. The Hall–Kier alpha value is -4.74. The first kappa shape index (κ1) is 29.3. The number of carbonyl (C=O) groups is 1. The van der Waals surface area contributed by atoms with Crippen molar-refractivity contribution in [3.8, 4) is 23.1 Å². The van der Waals surface area contributed by atoms with Crippen LogP contribution in [0.1, 0.15) is 11.1 Å². The second-order valence-electron chi connectivity index (χ2n) is 9.84. The molecule has 4 aromatic carbocycles. The molecule has 0 fully saturated rings. The molecule has 0 aliphatic carbocycles. The van der Waals surface area contributed by atoms with Crippen molar-refractivity contribution in [1.29, 1.82) is 0 Å². The number of ether oxygens (including phenoxy) is 2. The fourth-order valence-electron chi connectivity index (χ4n) is 4.57. The number of fused-ring (bicyclic) bond motifs is 2. The van der Waals surface area contributed by atoms with E-state index in [-0.39, 0.29) is 23.9 Å². The first-order valence-corrected chi connectivity index (χ1v) is 15.0. The van der Waals surface area contributed by atoms with E-state index >= 15 is 0 Å². The lowest BCUT2D eigenvalue weighted by Gasteiger charge is -2.13. The van der Waals surface area contributed by atoms with E-state index in [4.69, 9.17) is 18.9 Å². The minimum Gasteiger partial charge on any atom is -0.493 e. The lowest BCUT2D eigenvalue weighted by Crippen LogP contribution is -2.20. The molecule has 2 heterocycles. The molecule has 0 atom stereocenters. The molecule has 0 aliphatic rings. The van der Waals surface area contributed by atoms with Gasteiger partial charge in [-0.05, 0) is 89.1 Å². The summed E-state index contributed by atoms with van der Waals surface area (Å²) in [6.45, 7) is 1.74. The Bertz CT molecular complexity index is 2120. The number of hydrogen-bond acceptors (Lipinski definition) is 7. The highest BCUT2D eigenvalue weighted by Gasteiger charge is 2.18. The van der Waals surface area contributed by atoms with Gasteiger partial charge in [-0.15, -0.1) is 0 Å². The number of rotatable bonds is 8. The number of amides is 1. The van der Waals surface area contributed by atoms with E-state index in [9.17, 15) is 9.59 Å². The summed E-state index contributed by atoms with van der Waals surface area (Å²) < 4.78 is 20.1. The molecule has 0 radical (unpaired) electrons. The molecule has 1 N–H and O–H groups in total. The average Bonchev–Trinajstić information content (AvgIpc) is 3.44. The van der Waals surface area contributed by atoms with Gasteiger partial charge in [0.25, 0.3) is 11.5 Å². The van der Waals surface area contributed by atoms with E-state index in [1.54, 1.807) is 30.3 Å². The van der Waals surface area contributed by atoms with Crippen LogP contribution < -0.4 is 20.3 Å². The van der Waals surface area contributed by atoms with Gasteiger partial charge in [-0.25, -0.2) is 4.98 Å². The van der Waals surface area contributed by atoms with Crippen LogP contribution in [0.4, 0.5) is 5.69 Å². The van der Waals surface area contributed by atoms with E-state index in [1.807, 2.05) is 61.5 Å². The molecule has 0 bridgehead atoms. The number of para-hydroxylation sites is 1. The van der Waals surface area contributed by atoms with Crippen molar-refractivity contribution in [2.24, 2.45) is 5.10 Å². The Morgan fingerprint density at radius 2 is 1.84 bits per heavy atom. The van der Waals surface area contributed by atoms with E-state index in [2.05, 4.69) is 42.3 Å². The zero-order chi connectivity index (χ0) is 30.8. The van der Waals surface area contributed by atoms with Gasteiger partial charge < -0.3 is 19.2 Å². The minimum absolute atomic E-state index is 0.230. The minimum atomic E-state index is -0.353.